The predicted molar refractivity (Wildman–Crippen MR) is 126 cm³/mol. The van der Waals surface area contributed by atoms with Crippen LogP contribution in [0.1, 0.15) is 37.8 Å². The van der Waals surface area contributed by atoms with E-state index in [1.165, 1.54) is 24.3 Å². The molecule has 0 spiro atoms. The third-order valence-corrected chi connectivity index (χ3v) is 8.77. The highest BCUT2D eigenvalue weighted by Gasteiger charge is 2.38. The number of carbonyl (C=O) groups is 1. The summed E-state index contributed by atoms with van der Waals surface area (Å²) >= 11 is 0. The number of benzene rings is 1. The molecular formula is C24H29FN4O4S. The minimum absolute atomic E-state index is 0.0264. The van der Waals surface area contributed by atoms with Gasteiger partial charge < -0.3 is 9.47 Å². The summed E-state index contributed by atoms with van der Waals surface area (Å²) in [7, 11) is -4.08. The molecule has 1 aromatic carbocycles. The number of rotatable bonds is 4. The third kappa shape index (κ3) is 4.36. The first-order chi connectivity index (χ1) is 16.2. The van der Waals surface area contributed by atoms with Crippen LogP contribution in [0.3, 0.4) is 0 Å². The summed E-state index contributed by atoms with van der Waals surface area (Å²) in [5.74, 6) is -0.00902. The van der Waals surface area contributed by atoms with Crippen molar-refractivity contribution < 1.29 is 17.6 Å². The summed E-state index contributed by atoms with van der Waals surface area (Å²) in [5.41, 5.74) is 0.540. The summed E-state index contributed by atoms with van der Waals surface area (Å²) in [5, 5.41) is 0. The molecule has 8 nitrogen and oxygen atoms in total. The lowest BCUT2D eigenvalue weighted by molar-refractivity contribution is -0.130. The van der Waals surface area contributed by atoms with Crippen molar-refractivity contribution in [2.75, 3.05) is 30.9 Å². The van der Waals surface area contributed by atoms with Crippen LogP contribution in [0.15, 0.2) is 46.1 Å². The van der Waals surface area contributed by atoms with Gasteiger partial charge in [-0.05, 0) is 55.5 Å². The maximum absolute atomic E-state index is 13.5. The zero-order valence-corrected chi connectivity index (χ0v) is 19.9. The van der Waals surface area contributed by atoms with Gasteiger partial charge in [0.05, 0.1) is 4.90 Å². The maximum Gasteiger partial charge on any atom is 0.275 e. The molecule has 1 amide bonds. The van der Waals surface area contributed by atoms with Gasteiger partial charge in [-0.1, -0.05) is 6.07 Å². The Morgan fingerprint density at radius 1 is 1.09 bits per heavy atom. The molecule has 2 unspecified atom stereocenters. The zero-order chi connectivity index (χ0) is 24.0. The Balaban J connectivity index is 1.34. The van der Waals surface area contributed by atoms with Crippen molar-refractivity contribution in [1.82, 2.24) is 14.4 Å². The molecule has 2 bridgehead atoms. The van der Waals surface area contributed by atoms with Crippen molar-refractivity contribution in [1.29, 1.82) is 0 Å². The van der Waals surface area contributed by atoms with Crippen molar-refractivity contribution >= 4 is 21.6 Å². The maximum atomic E-state index is 13.5. The van der Waals surface area contributed by atoms with Crippen LogP contribution in [0.5, 0.6) is 0 Å². The number of piperidine rings is 2. The molecule has 4 heterocycles. The highest BCUT2D eigenvalue weighted by Crippen LogP contribution is 2.37. The van der Waals surface area contributed by atoms with E-state index >= 15 is 0 Å². The molecule has 2 fully saturated rings. The van der Waals surface area contributed by atoms with Gasteiger partial charge in [0.15, 0.2) is 0 Å². The molecule has 1 aromatic heterocycles. The second-order valence-electron chi connectivity index (χ2n) is 9.64. The molecule has 5 rings (SSSR count). The molecule has 2 saturated heterocycles. The Labute approximate surface area is 198 Å². The second kappa shape index (κ2) is 8.81. The van der Waals surface area contributed by atoms with E-state index in [4.69, 9.17) is 0 Å². The molecule has 182 valence electrons. The molecule has 34 heavy (non-hydrogen) atoms. The quantitative estimate of drug-likeness (QED) is 0.713. The Kier molecular flexibility index (Phi) is 5.97. The van der Waals surface area contributed by atoms with E-state index in [1.807, 2.05) is 11.0 Å². The number of likely N-dealkylation sites (tertiary alicyclic amines) is 2. The fourth-order valence-corrected chi connectivity index (χ4v) is 6.83. The van der Waals surface area contributed by atoms with Gasteiger partial charge in [0.25, 0.3) is 15.6 Å². The zero-order valence-electron chi connectivity index (χ0n) is 19.1. The van der Waals surface area contributed by atoms with Crippen molar-refractivity contribution in [2.24, 2.45) is 5.92 Å². The number of sulfonamides is 1. The van der Waals surface area contributed by atoms with E-state index in [0.717, 1.165) is 57.2 Å². The fourth-order valence-electron chi connectivity index (χ4n) is 5.74. The van der Waals surface area contributed by atoms with Crippen LogP contribution in [0.25, 0.3) is 0 Å². The number of fused-ring (bicyclic) bond motifs is 4. The first-order valence-electron chi connectivity index (χ1n) is 11.7. The Hall–Kier alpha value is -2.72. The van der Waals surface area contributed by atoms with Crippen LogP contribution < -0.4 is 10.3 Å². The van der Waals surface area contributed by atoms with Crippen LogP contribution in [0.2, 0.25) is 0 Å². The normalized spacial score (nSPS) is 23.4. The van der Waals surface area contributed by atoms with Gasteiger partial charge in [0, 0.05) is 57.3 Å². The van der Waals surface area contributed by atoms with E-state index in [1.54, 1.807) is 11.5 Å². The monoisotopic (exact) mass is 488 g/mol. The molecular weight excluding hydrogens is 459 g/mol. The van der Waals surface area contributed by atoms with E-state index < -0.39 is 15.8 Å². The molecule has 2 aromatic rings. The molecule has 3 aliphatic heterocycles. The SMILES string of the molecule is CC(=O)N1CCC(N2CC3CC(C2)c2ccc(NS(=O)(=O)c4cccc(F)c4)c(=O)n2C3)CC1. The Morgan fingerprint density at radius 2 is 1.85 bits per heavy atom. The third-order valence-electron chi connectivity index (χ3n) is 7.41. The number of nitrogens with one attached hydrogen (secondary N) is 1. The average molecular weight is 489 g/mol. The lowest BCUT2D eigenvalue weighted by Crippen LogP contribution is -2.53. The Bertz CT molecular complexity index is 1270. The van der Waals surface area contributed by atoms with Crippen molar-refractivity contribution in [3.63, 3.8) is 0 Å². The largest absolute Gasteiger partial charge is 0.343 e. The Morgan fingerprint density at radius 3 is 2.56 bits per heavy atom. The van der Waals surface area contributed by atoms with E-state index in [9.17, 15) is 22.4 Å². The number of hydrogen-bond donors (Lipinski definition) is 1. The molecule has 1 N–H and O–H groups in total. The summed E-state index contributed by atoms with van der Waals surface area (Å²) in [6.45, 7) is 5.49. The molecule has 0 aliphatic carbocycles. The number of anilines is 1. The minimum atomic E-state index is -4.08. The van der Waals surface area contributed by atoms with E-state index in [0.29, 0.717) is 18.5 Å². The highest BCUT2D eigenvalue weighted by atomic mass is 32.2. The van der Waals surface area contributed by atoms with Gasteiger partial charge in [0.2, 0.25) is 5.91 Å². The number of aromatic nitrogens is 1. The highest BCUT2D eigenvalue weighted by molar-refractivity contribution is 7.92. The first-order valence-corrected chi connectivity index (χ1v) is 13.2. The molecule has 0 saturated carbocycles. The predicted octanol–water partition coefficient (Wildman–Crippen LogP) is 2.22. The number of nitrogens with zero attached hydrogens (tertiary/aromatic N) is 3. The fraction of sp³-hybridized carbons (Fsp3) is 0.500. The lowest BCUT2D eigenvalue weighted by atomic mass is 9.82. The van der Waals surface area contributed by atoms with Crippen LogP contribution in [0, 0.1) is 11.7 Å². The van der Waals surface area contributed by atoms with E-state index in [-0.39, 0.29) is 28.0 Å². The number of amides is 1. The number of hydrogen-bond acceptors (Lipinski definition) is 5. The van der Waals surface area contributed by atoms with Gasteiger partial charge in [0.1, 0.15) is 11.5 Å². The van der Waals surface area contributed by atoms with Gasteiger partial charge in [-0.2, -0.15) is 0 Å². The van der Waals surface area contributed by atoms with Gasteiger partial charge in [-0.15, -0.1) is 0 Å². The topological polar surface area (TPSA) is 91.7 Å². The van der Waals surface area contributed by atoms with Gasteiger partial charge in [-0.25, -0.2) is 12.8 Å². The van der Waals surface area contributed by atoms with Gasteiger partial charge in [-0.3, -0.25) is 19.2 Å². The number of pyridine rings is 1. The molecule has 10 heteroatoms. The number of halogens is 1. The standard InChI is InChI=1S/C24H29FN4O4S/c1-16(30)27-9-7-20(8-10-27)28-13-17-11-18(15-28)23-6-5-22(24(31)29(23)14-17)26-34(32,33)21-4-2-3-19(25)12-21/h2-6,12,17-18,20,26H,7-11,13-15H2,1H3. The van der Waals surface area contributed by atoms with Crippen LogP contribution in [-0.4, -0.2) is 60.9 Å². The van der Waals surface area contributed by atoms with E-state index in [2.05, 4.69) is 9.62 Å². The molecule has 0 radical (unpaired) electrons. The molecule has 2 atom stereocenters. The van der Waals surface area contributed by atoms with Gasteiger partial charge >= 0.3 is 0 Å². The lowest BCUT2D eigenvalue weighted by Gasteiger charge is -2.47. The summed E-state index contributed by atoms with van der Waals surface area (Å²) in [6.07, 6.45) is 2.94. The second-order valence-corrected chi connectivity index (χ2v) is 11.3. The average Bonchev–Trinajstić information content (AvgIpc) is 2.81. The summed E-state index contributed by atoms with van der Waals surface area (Å²) in [4.78, 5) is 29.1. The van der Waals surface area contributed by atoms with Crippen molar-refractivity contribution in [3.8, 4) is 0 Å². The van der Waals surface area contributed by atoms with Crippen molar-refractivity contribution in [3.05, 3.63) is 58.3 Å². The first kappa shape index (κ1) is 23.0. The summed E-state index contributed by atoms with van der Waals surface area (Å²) < 4.78 is 43.0. The van der Waals surface area contributed by atoms with Crippen LogP contribution >= 0.6 is 0 Å². The summed E-state index contributed by atoms with van der Waals surface area (Å²) in [6, 6.07) is 8.52. The minimum Gasteiger partial charge on any atom is -0.343 e. The van der Waals surface area contributed by atoms with Crippen molar-refractivity contribution in [2.45, 2.75) is 49.6 Å². The van der Waals surface area contributed by atoms with Crippen LogP contribution in [-0.2, 0) is 21.4 Å². The molecule has 3 aliphatic rings. The smallest absolute Gasteiger partial charge is 0.275 e. The number of carbonyl (C=O) groups excluding carboxylic acids is 1. The van der Waals surface area contributed by atoms with Crippen LogP contribution in [0.4, 0.5) is 10.1 Å².